The van der Waals surface area contributed by atoms with E-state index in [1.807, 2.05) is 6.07 Å². The summed E-state index contributed by atoms with van der Waals surface area (Å²) >= 11 is 0. The van der Waals surface area contributed by atoms with Crippen LogP contribution < -0.4 is 4.74 Å². The molecule has 1 aromatic rings. The van der Waals surface area contributed by atoms with Gasteiger partial charge in [-0.05, 0) is 37.8 Å². The molecule has 5 nitrogen and oxygen atoms in total. The van der Waals surface area contributed by atoms with E-state index in [0.717, 1.165) is 64.5 Å². The molecule has 1 rings (SSSR count). The Balaban J connectivity index is 1.87. The van der Waals surface area contributed by atoms with Gasteiger partial charge in [-0.15, -0.1) is 0 Å². The number of carbonyl (C=O) groups excluding carboxylic acids is 1. The molecule has 0 aliphatic carbocycles. The van der Waals surface area contributed by atoms with Crippen LogP contribution in [0.1, 0.15) is 146 Å². The van der Waals surface area contributed by atoms with Crippen molar-refractivity contribution in [2.45, 2.75) is 136 Å². The lowest BCUT2D eigenvalue weighted by molar-refractivity contribution is -0.131. The van der Waals surface area contributed by atoms with Gasteiger partial charge in [0.1, 0.15) is 11.3 Å². The molecule has 0 aliphatic heterocycles. The number of hydrogen-bond acceptors (Lipinski definition) is 3. The third kappa shape index (κ3) is 17.2. The van der Waals surface area contributed by atoms with Crippen LogP contribution in [0.2, 0.25) is 0 Å². The van der Waals surface area contributed by atoms with Crippen LogP contribution in [0.3, 0.4) is 0 Å². The van der Waals surface area contributed by atoms with Crippen molar-refractivity contribution >= 4 is 11.9 Å². The lowest BCUT2D eigenvalue weighted by atomic mass is 10.0. The number of hydrogen-bond donors (Lipinski definition) is 1. The second-order valence-electron chi connectivity index (χ2n) is 10.4. The van der Waals surface area contributed by atoms with Crippen molar-refractivity contribution in [2.24, 2.45) is 0 Å². The molecule has 1 N–H and O–H groups in total. The highest BCUT2D eigenvalue weighted by atomic mass is 16.5. The Bertz CT molecular complexity index is 698. The van der Waals surface area contributed by atoms with Crippen molar-refractivity contribution in [1.29, 1.82) is 0 Å². The number of nitrogens with zero attached hydrogens (tertiary/aromatic N) is 1. The van der Waals surface area contributed by atoms with E-state index in [9.17, 15) is 14.7 Å². The van der Waals surface area contributed by atoms with E-state index in [1.54, 1.807) is 18.2 Å². The number of carboxylic acid groups (broad SMARTS) is 1. The number of amides is 1. The number of unbranched alkanes of at least 4 members (excludes halogenated alkanes) is 15. The first-order valence-corrected chi connectivity index (χ1v) is 15.3. The van der Waals surface area contributed by atoms with E-state index >= 15 is 0 Å². The summed E-state index contributed by atoms with van der Waals surface area (Å²) in [6.07, 6.45) is 22.7. The summed E-state index contributed by atoms with van der Waals surface area (Å²) in [6.45, 7) is 6.84. The molecule has 0 atom stereocenters. The average Bonchev–Trinajstić information content (AvgIpc) is 2.90. The fourth-order valence-electron chi connectivity index (χ4n) is 4.67. The van der Waals surface area contributed by atoms with Gasteiger partial charge in [-0.3, -0.25) is 4.79 Å². The van der Waals surface area contributed by atoms with E-state index in [2.05, 4.69) is 18.7 Å². The summed E-state index contributed by atoms with van der Waals surface area (Å²) in [5, 5.41) is 9.18. The molecule has 1 amide bonds. The number of carboxylic acids is 1. The first kappa shape index (κ1) is 33.0. The van der Waals surface area contributed by atoms with Gasteiger partial charge in [-0.1, -0.05) is 116 Å². The second-order valence-corrected chi connectivity index (χ2v) is 10.4. The SMILES string of the molecule is CCCCN(CCCC)C(=O)CCCCCCCCCCCCCCCCOc1ccccc1C(=O)O. The summed E-state index contributed by atoms with van der Waals surface area (Å²) in [5.74, 6) is -0.0973. The van der Waals surface area contributed by atoms with Gasteiger partial charge in [0.05, 0.1) is 6.61 Å². The van der Waals surface area contributed by atoms with Crippen molar-refractivity contribution in [3.8, 4) is 5.75 Å². The molecule has 37 heavy (non-hydrogen) atoms. The minimum Gasteiger partial charge on any atom is -0.493 e. The van der Waals surface area contributed by atoms with Crippen LogP contribution in [0.4, 0.5) is 0 Å². The van der Waals surface area contributed by atoms with Gasteiger partial charge < -0.3 is 14.7 Å². The lowest BCUT2D eigenvalue weighted by Gasteiger charge is -2.22. The molecule has 0 aromatic heterocycles. The molecule has 0 saturated carbocycles. The summed E-state index contributed by atoms with van der Waals surface area (Å²) in [4.78, 5) is 25.8. The fourth-order valence-corrected chi connectivity index (χ4v) is 4.67. The van der Waals surface area contributed by atoms with Crippen LogP contribution in [-0.2, 0) is 4.79 Å². The maximum atomic E-state index is 12.5. The first-order chi connectivity index (χ1) is 18.1. The number of benzene rings is 1. The van der Waals surface area contributed by atoms with Gasteiger partial charge in [-0.2, -0.15) is 0 Å². The minimum absolute atomic E-state index is 0.237. The maximum Gasteiger partial charge on any atom is 0.339 e. The Hall–Kier alpha value is -2.04. The highest BCUT2D eigenvalue weighted by molar-refractivity contribution is 5.90. The van der Waals surface area contributed by atoms with Gasteiger partial charge in [0, 0.05) is 19.5 Å². The Kier molecular flexibility index (Phi) is 20.6. The second kappa shape index (κ2) is 23.1. The van der Waals surface area contributed by atoms with Crippen molar-refractivity contribution < 1.29 is 19.4 Å². The third-order valence-corrected chi connectivity index (χ3v) is 7.08. The number of para-hydroxylation sites is 1. The Labute approximate surface area is 227 Å². The van der Waals surface area contributed by atoms with E-state index < -0.39 is 5.97 Å². The average molecular weight is 518 g/mol. The Morgan fingerprint density at radius 3 is 1.62 bits per heavy atom. The highest BCUT2D eigenvalue weighted by Gasteiger charge is 2.12. The number of carbonyl (C=O) groups is 2. The molecule has 0 radical (unpaired) electrons. The van der Waals surface area contributed by atoms with Gasteiger partial charge in [0.15, 0.2) is 0 Å². The summed E-state index contributed by atoms with van der Waals surface area (Å²) < 4.78 is 5.66. The summed E-state index contributed by atoms with van der Waals surface area (Å²) in [6, 6.07) is 6.84. The maximum absolute atomic E-state index is 12.5. The number of aromatic carboxylic acids is 1. The van der Waals surface area contributed by atoms with E-state index in [1.165, 1.54) is 70.6 Å². The molecule has 0 heterocycles. The van der Waals surface area contributed by atoms with Crippen LogP contribution in [0, 0.1) is 0 Å². The zero-order valence-corrected chi connectivity index (χ0v) is 24.0. The highest BCUT2D eigenvalue weighted by Crippen LogP contribution is 2.19. The topological polar surface area (TPSA) is 66.8 Å². The van der Waals surface area contributed by atoms with Crippen molar-refractivity contribution in [3.05, 3.63) is 29.8 Å². The molecule has 0 unspecified atom stereocenters. The van der Waals surface area contributed by atoms with Gasteiger partial charge in [0.2, 0.25) is 5.91 Å². The molecular weight excluding hydrogens is 462 g/mol. The zero-order valence-electron chi connectivity index (χ0n) is 24.0. The smallest absolute Gasteiger partial charge is 0.339 e. The van der Waals surface area contributed by atoms with Crippen molar-refractivity contribution in [1.82, 2.24) is 4.90 Å². The molecule has 1 aromatic carbocycles. The lowest BCUT2D eigenvalue weighted by Crippen LogP contribution is -2.32. The predicted octanol–water partition coefficient (Wildman–Crippen LogP) is 9.04. The van der Waals surface area contributed by atoms with Gasteiger partial charge in [-0.25, -0.2) is 4.79 Å². The number of ether oxygens (including phenoxy) is 1. The van der Waals surface area contributed by atoms with Crippen LogP contribution in [0.15, 0.2) is 24.3 Å². The Morgan fingerprint density at radius 1 is 0.676 bits per heavy atom. The third-order valence-electron chi connectivity index (χ3n) is 7.08. The normalized spacial score (nSPS) is 11.0. The molecule has 0 aliphatic rings. The van der Waals surface area contributed by atoms with E-state index in [0.29, 0.717) is 18.3 Å². The van der Waals surface area contributed by atoms with E-state index in [4.69, 9.17) is 4.74 Å². The monoisotopic (exact) mass is 517 g/mol. The van der Waals surface area contributed by atoms with Crippen LogP contribution >= 0.6 is 0 Å². The minimum atomic E-state index is -0.939. The van der Waals surface area contributed by atoms with Crippen LogP contribution in [-0.4, -0.2) is 41.6 Å². The Morgan fingerprint density at radius 2 is 1.14 bits per heavy atom. The molecule has 0 fully saturated rings. The van der Waals surface area contributed by atoms with Crippen molar-refractivity contribution in [3.63, 3.8) is 0 Å². The zero-order chi connectivity index (χ0) is 27.0. The summed E-state index contributed by atoms with van der Waals surface area (Å²) in [7, 11) is 0. The first-order valence-electron chi connectivity index (χ1n) is 15.3. The predicted molar refractivity (Wildman–Crippen MR) is 155 cm³/mol. The largest absolute Gasteiger partial charge is 0.493 e. The molecular formula is C32H55NO4. The van der Waals surface area contributed by atoms with Crippen molar-refractivity contribution in [2.75, 3.05) is 19.7 Å². The van der Waals surface area contributed by atoms with Gasteiger partial charge in [0.25, 0.3) is 0 Å². The van der Waals surface area contributed by atoms with Crippen LogP contribution in [0.5, 0.6) is 5.75 Å². The molecule has 0 spiro atoms. The van der Waals surface area contributed by atoms with E-state index in [-0.39, 0.29) is 5.56 Å². The number of rotatable bonds is 25. The van der Waals surface area contributed by atoms with Crippen LogP contribution in [0.25, 0.3) is 0 Å². The van der Waals surface area contributed by atoms with Gasteiger partial charge >= 0.3 is 5.97 Å². The summed E-state index contributed by atoms with van der Waals surface area (Å²) in [5.41, 5.74) is 0.237. The fraction of sp³-hybridized carbons (Fsp3) is 0.750. The molecule has 0 bridgehead atoms. The molecule has 5 heteroatoms. The molecule has 212 valence electrons. The molecule has 0 saturated heterocycles. The standard InChI is InChI=1S/C32H55NO4/c1-3-5-26-33(27-6-4-2)31(34)25-19-17-15-13-11-9-7-8-10-12-14-16-18-22-28-37-30-24-21-20-23-29(30)32(35)36/h20-21,23-24H,3-19,22,25-28H2,1-2H3,(H,35,36). The quantitative estimate of drug-likeness (QED) is 0.131.